The Morgan fingerprint density at radius 2 is 1.86 bits per heavy atom. The highest BCUT2D eigenvalue weighted by Gasteiger charge is 2.63. The van der Waals surface area contributed by atoms with Gasteiger partial charge in [-0.25, -0.2) is 4.79 Å². The van der Waals surface area contributed by atoms with Gasteiger partial charge >= 0.3 is 12.3 Å². The van der Waals surface area contributed by atoms with Gasteiger partial charge in [0.15, 0.2) is 11.5 Å². The standard InChI is InChI=1S/C32H39F3N2O5/c1-5-36-29(39)42-37-28(32(33,34)35)20-8-6-19(7-9-20)25-17-30(2)26(14-15-31(30,41-4)18-40-3)24-12-10-21-16-22(38)11-13-23(21)27(24)25/h6-9,16,24-26H,5,10-15,17-18H2,1-4H3,(H,36,39)/b37-28-/t24-,25+,26-,30-,31+/m0/s1. The molecule has 2 fully saturated rings. The minimum absolute atomic E-state index is 0.0560. The molecule has 0 radical (unpaired) electrons. The van der Waals surface area contributed by atoms with Crippen molar-refractivity contribution in [3.05, 3.63) is 58.2 Å². The number of carbonyl (C=O) groups excluding carboxylic acids is 2. The minimum atomic E-state index is -4.82. The van der Waals surface area contributed by atoms with Crippen LogP contribution in [-0.4, -0.2) is 56.7 Å². The van der Waals surface area contributed by atoms with Crippen molar-refractivity contribution in [1.29, 1.82) is 0 Å². The fraction of sp³-hybridized carbons (Fsp3) is 0.594. The Morgan fingerprint density at radius 1 is 1.12 bits per heavy atom. The van der Waals surface area contributed by atoms with Crippen molar-refractivity contribution in [2.45, 2.75) is 76.5 Å². The molecule has 1 aromatic carbocycles. The van der Waals surface area contributed by atoms with Gasteiger partial charge in [-0.2, -0.15) is 13.2 Å². The van der Waals surface area contributed by atoms with E-state index in [9.17, 15) is 22.8 Å². The van der Waals surface area contributed by atoms with Gasteiger partial charge in [0.2, 0.25) is 0 Å². The molecule has 1 aromatic rings. The normalized spacial score (nSPS) is 31.2. The number of oxime groups is 1. The maximum Gasteiger partial charge on any atom is 0.437 e. The lowest BCUT2D eigenvalue weighted by Crippen LogP contribution is -2.54. The third kappa shape index (κ3) is 5.21. The SMILES string of the molecule is CCNC(=O)O/N=C(/c1ccc([C@H]2C[C@@]3(C)[C@@H](CC[C@]3(COC)OC)[C@@H]3CCC4=CC(=O)CCC4=C32)cc1)C(F)(F)F. The van der Waals surface area contributed by atoms with Crippen LogP contribution in [-0.2, 0) is 19.1 Å². The Morgan fingerprint density at radius 3 is 2.50 bits per heavy atom. The molecule has 0 aromatic heterocycles. The Bertz CT molecular complexity index is 1320. The second-order valence-corrected chi connectivity index (χ2v) is 12.1. The molecular formula is C32H39F3N2O5. The van der Waals surface area contributed by atoms with Crippen molar-refractivity contribution in [3.63, 3.8) is 0 Å². The molecule has 0 aliphatic heterocycles. The average molecular weight is 589 g/mol. The van der Waals surface area contributed by atoms with Crippen molar-refractivity contribution in [2.24, 2.45) is 22.4 Å². The van der Waals surface area contributed by atoms with E-state index < -0.39 is 23.6 Å². The fourth-order valence-corrected chi connectivity index (χ4v) is 8.31. The highest BCUT2D eigenvalue weighted by atomic mass is 19.4. The van der Waals surface area contributed by atoms with E-state index in [1.807, 2.05) is 0 Å². The van der Waals surface area contributed by atoms with Crippen molar-refractivity contribution >= 4 is 17.6 Å². The predicted molar refractivity (Wildman–Crippen MR) is 151 cm³/mol. The number of ketones is 1. The number of alkyl halides is 3. The zero-order chi connectivity index (χ0) is 30.3. The molecular weight excluding hydrogens is 549 g/mol. The first kappa shape index (κ1) is 30.5. The lowest BCUT2D eigenvalue weighted by molar-refractivity contribution is -0.149. The lowest BCUT2D eigenvalue weighted by atomic mass is 9.51. The van der Waals surface area contributed by atoms with Gasteiger partial charge in [0.1, 0.15) is 0 Å². The van der Waals surface area contributed by atoms with Crippen LogP contribution in [0.15, 0.2) is 52.2 Å². The van der Waals surface area contributed by atoms with E-state index in [2.05, 4.69) is 22.2 Å². The van der Waals surface area contributed by atoms with Crippen molar-refractivity contribution < 1.29 is 37.1 Å². The van der Waals surface area contributed by atoms with Crippen LogP contribution < -0.4 is 5.32 Å². The lowest BCUT2D eigenvalue weighted by Gasteiger charge is -2.55. The van der Waals surface area contributed by atoms with Gasteiger partial charge in [-0.1, -0.05) is 41.9 Å². The monoisotopic (exact) mass is 588 g/mol. The molecule has 1 N–H and O–H groups in total. The van der Waals surface area contributed by atoms with Crippen molar-refractivity contribution in [1.82, 2.24) is 5.32 Å². The number of methoxy groups -OCH3 is 2. The average Bonchev–Trinajstić information content (AvgIpc) is 3.24. The summed E-state index contributed by atoms with van der Waals surface area (Å²) in [6.45, 7) is 4.58. The largest absolute Gasteiger partial charge is 0.437 e. The summed E-state index contributed by atoms with van der Waals surface area (Å²) in [5.74, 6) is 0.766. The van der Waals surface area contributed by atoms with Gasteiger partial charge in [0, 0.05) is 44.1 Å². The van der Waals surface area contributed by atoms with E-state index >= 15 is 0 Å². The molecule has 7 nitrogen and oxygen atoms in total. The molecule has 1 amide bonds. The zero-order valence-electron chi connectivity index (χ0n) is 24.6. The van der Waals surface area contributed by atoms with Crippen LogP contribution in [0.2, 0.25) is 0 Å². The number of benzene rings is 1. The third-order valence-electron chi connectivity index (χ3n) is 10.2. The summed E-state index contributed by atoms with van der Waals surface area (Å²) in [4.78, 5) is 28.4. The predicted octanol–water partition coefficient (Wildman–Crippen LogP) is 6.63. The summed E-state index contributed by atoms with van der Waals surface area (Å²) in [7, 11) is 3.44. The van der Waals surface area contributed by atoms with Crippen LogP contribution in [0.3, 0.4) is 0 Å². The number of amides is 1. The zero-order valence-corrected chi connectivity index (χ0v) is 24.6. The number of allylic oxidation sites excluding steroid dienone is 4. The molecule has 4 aliphatic carbocycles. The number of halogens is 3. The first-order chi connectivity index (χ1) is 20.0. The number of nitrogens with zero attached hydrogens (tertiary/aromatic N) is 1. The summed E-state index contributed by atoms with van der Waals surface area (Å²) in [5.41, 5.74) is 2.46. The number of hydrogen-bond acceptors (Lipinski definition) is 6. The van der Waals surface area contributed by atoms with E-state index in [1.54, 1.807) is 39.4 Å². The van der Waals surface area contributed by atoms with Gasteiger partial charge in [-0.3, -0.25) is 9.63 Å². The van der Waals surface area contributed by atoms with Gasteiger partial charge in [-0.05, 0) is 80.1 Å². The number of hydrogen-bond donors (Lipinski definition) is 1. The summed E-state index contributed by atoms with van der Waals surface area (Å²) in [6, 6.07) is 6.25. The quantitative estimate of drug-likeness (QED) is 0.220. The topological polar surface area (TPSA) is 86.2 Å². The first-order valence-corrected chi connectivity index (χ1v) is 14.7. The second-order valence-electron chi connectivity index (χ2n) is 12.1. The molecule has 0 unspecified atom stereocenters. The summed E-state index contributed by atoms with van der Waals surface area (Å²) < 4.78 is 53.7. The Kier molecular flexibility index (Phi) is 8.42. The maximum absolute atomic E-state index is 13.9. The molecule has 0 bridgehead atoms. The number of rotatable bonds is 7. The van der Waals surface area contributed by atoms with Crippen LogP contribution in [0.5, 0.6) is 0 Å². The number of nitrogens with one attached hydrogen (secondary N) is 1. The number of fused-ring (bicyclic) bond motifs is 4. The van der Waals surface area contributed by atoms with Gasteiger partial charge in [0.25, 0.3) is 0 Å². The second kappa shape index (κ2) is 11.6. The molecule has 10 heteroatoms. The third-order valence-corrected chi connectivity index (χ3v) is 10.2. The highest BCUT2D eigenvalue weighted by molar-refractivity contribution is 6.04. The molecule has 0 saturated heterocycles. The molecule has 42 heavy (non-hydrogen) atoms. The fourth-order valence-electron chi connectivity index (χ4n) is 8.31. The van der Waals surface area contributed by atoms with Crippen LogP contribution in [0.25, 0.3) is 0 Å². The molecule has 5 rings (SSSR count). The highest BCUT2D eigenvalue weighted by Crippen LogP contribution is 2.67. The van der Waals surface area contributed by atoms with Crippen molar-refractivity contribution in [3.8, 4) is 0 Å². The van der Waals surface area contributed by atoms with E-state index in [-0.39, 0.29) is 29.2 Å². The Labute approximate surface area is 244 Å². The van der Waals surface area contributed by atoms with Gasteiger partial charge in [0.05, 0.1) is 12.2 Å². The Hall–Kier alpha value is -2.98. The summed E-state index contributed by atoms with van der Waals surface area (Å²) >= 11 is 0. The maximum atomic E-state index is 13.9. The molecule has 5 atom stereocenters. The Balaban J connectivity index is 1.58. The molecule has 0 heterocycles. The van der Waals surface area contributed by atoms with Crippen LogP contribution in [0.1, 0.15) is 75.8 Å². The van der Waals surface area contributed by atoms with Crippen molar-refractivity contribution in [2.75, 3.05) is 27.4 Å². The minimum Gasteiger partial charge on any atom is -0.382 e. The van der Waals surface area contributed by atoms with E-state index in [0.717, 1.165) is 43.2 Å². The van der Waals surface area contributed by atoms with Crippen LogP contribution >= 0.6 is 0 Å². The molecule has 0 spiro atoms. The number of ether oxygens (including phenoxy) is 2. The van der Waals surface area contributed by atoms with Gasteiger partial charge in [-0.15, -0.1) is 0 Å². The van der Waals surface area contributed by atoms with E-state index in [0.29, 0.717) is 31.3 Å². The smallest absolute Gasteiger partial charge is 0.382 e. The number of carbonyl (C=O) groups is 2. The summed E-state index contributed by atoms with van der Waals surface area (Å²) in [5, 5.41) is 5.42. The molecule has 4 aliphatic rings. The first-order valence-electron chi connectivity index (χ1n) is 14.7. The van der Waals surface area contributed by atoms with Crippen LogP contribution in [0.4, 0.5) is 18.0 Å². The summed E-state index contributed by atoms with van der Waals surface area (Å²) in [6.07, 6.45) is 1.53. The van der Waals surface area contributed by atoms with E-state index in [4.69, 9.17) is 9.47 Å². The van der Waals surface area contributed by atoms with Crippen LogP contribution in [0, 0.1) is 17.3 Å². The molecule has 228 valence electrons. The van der Waals surface area contributed by atoms with Gasteiger partial charge < -0.3 is 14.8 Å². The van der Waals surface area contributed by atoms with E-state index in [1.165, 1.54) is 23.3 Å². The molecule has 2 saturated carbocycles.